The maximum Gasteiger partial charge on any atom is -0.0193 e. The van der Waals surface area contributed by atoms with Crippen LogP contribution < -0.4 is 0 Å². The van der Waals surface area contributed by atoms with Crippen LogP contribution in [0, 0.1) is 12.8 Å². The molecule has 0 saturated carbocycles. The van der Waals surface area contributed by atoms with Gasteiger partial charge in [-0.05, 0) is 42.7 Å². The Kier molecular flexibility index (Phi) is 10.2. The molecule has 0 aliphatic rings. The van der Waals surface area contributed by atoms with E-state index < -0.39 is 0 Å². The third-order valence-electron chi connectivity index (χ3n) is 4.90. The lowest BCUT2D eigenvalue weighted by atomic mass is 9.93. The van der Waals surface area contributed by atoms with E-state index in [4.69, 9.17) is 0 Å². The molecule has 0 aliphatic heterocycles. The second-order valence-corrected chi connectivity index (χ2v) is 6.97. The van der Waals surface area contributed by atoms with Gasteiger partial charge in [-0.25, -0.2) is 0 Å². The van der Waals surface area contributed by atoms with Crippen LogP contribution in [-0.4, -0.2) is 0 Å². The van der Waals surface area contributed by atoms with E-state index in [1.165, 1.54) is 48.8 Å². The summed E-state index contributed by atoms with van der Waals surface area (Å²) in [6.45, 7) is 11.2. The standard InChI is InChI=1S/C13H20.C11H16/c1-3-8-12(4-2)11-13-9-6-5-7-10-13;1-4-10(3)11-7-5-9(2)6-8-11/h5-7,9-10,12H,3-4,8,11H2,1-2H3;5-8,10H,4H2,1-3H3. The molecule has 0 nitrogen and oxygen atoms in total. The molecule has 2 rings (SSSR count). The van der Waals surface area contributed by atoms with E-state index in [-0.39, 0.29) is 0 Å². The Morgan fingerprint density at radius 1 is 0.792 bits per heavy atom. The van der Waals surface area contributed by atoms with Gasteiger partial charge in [0.15, 0.2) is 0 Å². The fourth-order valence-electron chi connectivity index (χ4n) is 2.94. The molecule has 0 aromatic heterocycles. The molecule has 0 fully saturated rings. The van der Waals surface area contributed by atoms with Crippen molar-refractivity contribution in [1.29, 1.82) is 0 Å². The highest BCUT2D eigenvalue weighted by Crippen LogP contribution is 2.18. The zero-order valence-electron chi connectivity index (χ0n) is 16.4. The fraction of sp³-hybridized carbons (Fsp3) is 0.500. The largest absolute Gasteiger partial charge is 0.0654 e. The molecular weight excluding hydrogens is 288 g/mol. The van der Waals surface area contributed by atoms with Gasteiger partial charge in [-0.15, -0.1) is 0 Å². The SMILES string of the molecule is CCC(C)c1ccc(C)cc1.CCCC(CC)Cc1ccccc1. The fourth-order valence-corrected chi connectivity index (χ4v) is 2.94. The molecule has 0 radical (unpaired) electrons. The molecule has 0 saturated heterocycles. The number of hydrogen-bond donors (Lipinski definition) is 0. The zero-order valence-corrected chi connectivity index (χ0v) is 16.4. The summed E-state index contributed by atoms with van der Waals surface area (Å²) < 4.78 is 0. The molecule has 2 aromatic carbocycles. The summed E-state index contributed by atoms with van der Waals surface area (Å²) in [5.41, 5.74) is 4.29. The maximum atomic E-state index is 2.29. The first-order chi connectivity index (χ1) is 11.6. The Hall–Kier alpha value is -1.56. The van der Waals surface area contributed by atoms with E-state index in [2.05, 4.69) is 89.2 Å². The van der Waals surface area contributed by atoms with Crippen LogP contribution in [0.15, 0.2) is 54.6 Å². The van der Waals surface area contributed by atoms with Crippen molar-refractivity contribution in [3.05, 3.63) is 71.3 Å². The molecule has 0 amide bonds. The average molecular weight is 325 g/mol. The highest BCUT2D eigenvalue weighted by Gasteiger charge is 2.05. The van der Waals surface area contributed by atoms with Crippen LogP contribution in [-0.2, 0) is 6.42 Å². The Morgan fingerprint density at radius 3 is 1.92 bits per heavy atom. The minimum absolute atomic E-state index is 0.704. The van der Waals surface area contributed by atoms with Crippen molar-refractivity contribution < 1.29 is 0 Å². The minimum atomic E-state index is 0.704. The molecule has 0 heterocycles. The first kappa shape index (κ1) is 20.5. The minimum Gasteiger partial charge on any atom is -0.0654 e. The van der Waals surface area contributed by atoms with E-state index in [1.807, 2.05) is 0 Å². The zero-order chi connectivity index (χ0) is 17.8. The lowest BCUT2D eigenvalue weighted by Gasteiger charge is -2.13. The van der Waals surface area contributed by atoms with Crippen molar-refractivity contribution in [2.75, 3.05) is 0 Å². The first-order valence-corrected chi connectivity index (χ1v) is 9.71. The smallest absolute Gasteiger partial charge is 0.0193 e. The Morgan fingerprint density at radius 2 is 1.42 bits per heavy atom. The van der Waals surface area contributed by atoms with Gasteiger partial charge >= 0.3 is 0 Å². The summed E-state index contributed by atoms with van der Waals surface area (Å²) in [5, 5.41) is 0. The molecule has 0 bridgehead atoms. The summed E-state index contributed by atoms with van der Waals surface area (Å²) in [6.07, 6.45) is 6.47. The number of aryl methyl sites for hydroxylation is 1. The van der Waals surface area contributed by atoms with Crippen molar-refractivity contribution >= 4 is 0 Å². The maximum absolute atomic E-state index is 2.29. The van der Waals surface area contributed by atoms with Crippen LogP contribution in [0.3, 0.4) is 0 Å². The van der Waals surface area contributed by atoms with Crippen molar-refractivity contribution in [3.8, 4) is 0 Å². The van der Waals surface area contributed by atoms with E-state index >= 15 is 0 Å². The van der Waals surface area contributed by atoms with Gasteiger partial charge < -0.3 is 0 Å². The molecule has 132 valence electrons. The normalized spacial score (nSPS) is 12.9. The van der Waals surface area contributed by atoms with Crippen LogP contribution in [0.4, 0.5) is 0 Å². The Bertz CT molecular complexity index is 524. The van der Waals surface area contributed by atoms with Crippen molar-refractivity contribution in [3.63, 3.8) is 0 Å². The van der Waals surface area contributed by atoms with Crippen LogP contribution in [0.1, 0.15) is 76.0 Å². The summed E-state index contributed by atoms with van der Waals surface area (Å²) in [7, 11) is 0. The number of hydrogen-bond acceptors (Lipinski definition) is 0. The highest BCUT2D eigenvalue weighted by atomic mass is 14.1. The van der Waals surface area contributed by atoms with Gasteiger partial charge in [0.2, 0.25) is 0 Å². The summed E-state index contributed by atoms with van der Waals surface area (Å²) in [5.74, 6) is 1.59. The summed E-state index contributed by atoms with van der Waals surface area (Å²) in [6, 6.07) is 19.6. The van der Waals surface area contributed by atoms with Crippen LogP contribution in [0.25, 0.3) is 0 Å². The van der Waals surface area contributed by atoms with Gasteiger partial charge in [0.1, 0.15) is 0 Å². The van der Waals surface area contributed by atoms with Crippen molar-refractivity contribution in [1.82, 2.24) is 0 Å². The molecule has 0 spiro atoms. The van der Waals surface area contributed by atoms with Crippen molar-refractivity contribution in [2.45, 2.75) is 72.6 Å². The molecule has 0 heteroatoms. The Balaban J connectivity index is 0.000000243. The topological polar surface area (TPSA) is 0 Å². The third-order valence-corrected chi connectivity index (χ3v) is 4.90. The summed E-state index contributed by atoms with van der Waals surface area (Å²) >= 11 is 0. The molecule has 0 N–H and O–H groups in total. The average Bonchev–Trinajstić information content (AvgIpc) is 2.62. The van der Waals surface area contributed by atoms with E-state index in [0.29, 0.717) is 5.92 Å². The van der Waals surface area contributed by atoms with Crippen LogP contribution >= 0.6 is 0 Å². The third kappa shape index (κ3) is 7.81. The van der Waals surface area contributed by atoms with Crippen LogP contribution in [0.5, 0.6) is 0 Å². The molecule has 0 aliphatic carbocycles. The second kappa shape index (κ2) is 11.9. The predicted octanol–water partition coefficient (Wildman–Crippen LogP) is 7.56. The van der Waals surface area contributed by atoms with E-state index in [0.717, 1.165) is 5.92 Å². The molecule has 2 aromatic rings. The van der Waals surface area contributed by atoms with Gasteiger partial charge in [-0.2, -0.15) is 0 Å². The van der Waals surface area contributed by atoms with Crippen LogP contribution in [0.2, 0.25) is 0 Å². The molecular formula is C24H36. The van der Waals surface area contributed by atoms with Gasteiger partial charge in [-0.3, -0.25) is 0 Å². The van der Waals surface area contributed by atoms with Gasteiger partial charge in [0.25, 0.3) is 0 Å². The Labute approximate surface area is 150 Å². The van der Waals surface area contributed by atoms with Crippen molar-refractivity contribution in [2.24, 2.45) is 5.92 Å². The van der Waals surface area contributed by atoms with Gasteiger partial charge in [0, 0.05) is 0 Å². The highest BCUT2D eigenvalue weighted by molar-refractivity contribution is 5.23. The second-order valence-electron chi connectivity index (χ2n) is 6.97. The van der Waals surface area contributed by atoms with E-state index in [9.17, 15) is 0 Å². The monoisotopic (exact) mass is 324 g/mol. The molecule has 2 atom stereocenters. The van der Waals surface area contributed by atoms with E-state index in [1.54, 1.807) is 0 Å². The molecule has 24 heavy (non-hydrogen) atoms. The predicted molar refractivity (Wildman–Crippen MR) is 109 cm³/mol. The quantitative estimate of drug-likeness (QED) is 0.493. The lowest BCUT2D eigenvalue weighted by Crippen LogP contribution is -2.02. The van der Waals surface area contributed by atoms with Gasteiger partial charge in [-0.1, -0.05) is 107 Å². The number of rotatable bonds is 7. The first-order valence-electron chi connectivity index (χ1n) is 9.71. The summed E-state index contributed by atoms with van der Waals surface area (Å²) in [4.78, 5) is 0. The molecule has 2 unspecified atom stereocenters. The lowest BCUT2D eigenvalue weighted by molar-refractivity contribution is 0.462. The van der Waals surface area contributed by atoms with Gasteiger partial charge in [0.05, 0.1) is 0 Å². The number of benzene rings is 2.